The number of halogens is 4. The first kappa shape index (κ1) is 15.1. The van der Waals surface area contributed by atoms with Gasteiger partial charge in [-0.25, -0.2) is 0 Å². The number of hydrogen-bond donors (Lipinski definition) is 1. The molecule has 2 rings (SSSR count). The summed E-state index contributed by atoms with van der Waals surface area (Å²) in [5.41, 5.74) is 7.92. The molecule has 100 valence electrons. The highest BCUT2D eigenvalue weighted by Gasteiger charge is 2.15. The molecule has 1 nitrogen and oxygen atoms in total. The maximum absolute atomic E-state index is 6.21. The first-order chi connectivity index (χ1) is 8.99. The second-order valence-corrected chi connectivity index (χ2v) is 6.31. The van der Waals surface area contributed by atoms with Gasteiger partial charge in [-0.15, -0.1) is 0 Å². The van der Waals surface area contributed by atoms with Crippen molar-refractivity contribution >= 4 is 50.7 Å². The summed E-state index contributed by atoms with van der Waals surface area (Å²) < 4.78 is 0.938. The summed E-state index contributed by atoms with van der Waals surface area (Å²) in [6.45, 7) is 0. The Bertz CT molecular complexity index is 581. The average molecular weight is 380 g/mol. The van der Waals surface area contributed by atoms with Gasteiger partial charge >= 0.3 is 0 Å². The molecule has 2 aromatic rings. The van der Waals surface area contributed by atoms with Crippen molar-refractivity contribution in [3.8, 4) is 0 Å². The SMILES string of the molecule is NC(Cc1c(Cl)cccc1Cl)c1cc(Br)ccc1Cl. The highest BCUT2D eigenvalue weighted by molar-refractivity contribution is 9.10. The topological polar surface area (TPSA) is 26.0 Å². The Hall–Kier alpha value is -0.250. The van der Waals surface area contributed by atoms with E-state index in [-0.39, 0.29) is 6.04 Å². The zero-order valence-electron chi connectivity index (χ0n) is 9.84. The van der Waals surface area contributed by atoms with Crippen LogP contribution >= 0.6 is 50.7 Å². The fourth-order valence-electron chi connectivity index (χ4n) is 1.86. The van der Waals surface area contributed by atoms with Crippen LogP contribution in [0.1, 0.15) is 17.2 Å². The first-order valence-corrected chi connectivity index (χ1v) is 7.55. The molecule has 0 aliphatic carbocycles. The second kappa shape index (κ2) is 6.47. The number of nitrogens with two attached hydrogens (primary N) is 1. The van der Waals surface area contributed by atoms with E-state index >= 15 is 0 Å². The molecular formula is C14H11BrCl3N. The van der Waals surface area contributed by atoms with Gasteiger partial charge in [0.05, 0.1) is 0 Å². The number of hydrogen-bond acceptors (Lipinski definition) is 1. The highest BCUT2D eigenvalue weighted by atomic mass is 79.9. The fourth-order valence-corrected chi connectivity index (χ4v) is 3.04. The minimum Gasteiger partial charge on any atom is -0.324 e. The maximum atomic E-state index is 6.21. The lowest BCUT2D eigenvalue weighted by atomic mass is 9.99. The van der Waals surface area contributed by atoms with Gasteiger partial charge in [-0.1, -0.05) is 56.8 Å². The monoisotopic (exact) mass is 377 g/mol. The summed E-state index contributed by atoms with van der Waals surface area (Å²) in [7, 11) is 0. The van der Waals surface area contributed by atoms with E-state index < -0.39 is 0 Å². The van der Waals surface area contributed by atoms with E-state index in [1.54, 1.807) is 12.1 Å². The Labute approximate surface area is 135 Å². The zero-order chi connectivity index (χ0) is 14.0. The molecule has 0 bridgehead atoms. The van der Waals surface area contributed by atoms with Gasteiger partial charge in [-0.3, -0.25) is 0 Å². The van der Waals surface area contributed by atoms with Crippen molar-refractivity contribution in [3.63, 3.8) is 0 Å². The van der Waals surface area contributed by atoms with Crippen molar-refractivity contribution in [3.05, 3.63) is 67.1 Å². The molecule has 5 heteroatoms. The molecule has 0 heterocycles. The van der Waals surface area contributed by atoms with Gasteiger partial charge in [0, 0.05) is 25.6 Å². The summed E-state index contributed by atoms with van der Waals surface area (Å²) in [5, 5.41) is 1.88. The Morgan fingerprint density at radius 3 is 2.26 bits per heavy atom. The summed E-state index contributed by atoms with van der Waals surface area (Å²) in [4.78, 5) is 0. The quantitative estimate of drug-likeness (QED) is 0.732. The van der Waals surface area contributed by atoms with Crippen LogP contribution in [-0.4, -0.2) is 0 Å². The van der Waals surface area contributed by atoms with Crippen LogP contribution in [0.25, 0.3) is 0 Å². The van der Waals surface area contributed by atoms with Crippen molar-refractivity contribution in [1.29, 1.82) is 0 Å². The lowest BCUT2D eigenvalue weighted by Gasteiger charge is -2.16. The van der Waals surface area contributed by atoms with Gasteiger partial charge in [-0.2, -0.15) is 0 Å². The van der Waals surface area contributed by atoms with Crippen molar-refractivity contribution < 1.29 is 0 Å². The summed E-state index contributed by atoms with van der Waals surface area (Å²) in [6, 6.07) is 10.8. The van der Waals surface area contributed by atoms with Crippen LogP contribution in [-0.2, 0) is 6.42 Å². The van der Waals surface area contributed by atoms with Gasteiger partial charge < -0.3 is 5.73 Å². The van der Waals surface area contributed by atoms with Crippen LogP contribution in [0.4, 0.5) is 0 Å². The Balaban J connectivity index is 2.31. The molecule has 0 aliphatic heterocycles. The third-order valence-electron chi connectivity index (χ3n) is 2.84. The smallest absolute Gasteiger partial charge is 0.0454 e. The molecule has 0 amide bonds. The number of benzene rings is 2. The summed E-state index contributed by atoms with van der Waals surface area (Å²) >= 11 is 21.9. The lowest BCUT2D eigenvalue weighted by molar-refractivity contribution is 0.722. The lowest BCUT2D eigenvalue weighted by Crippen LogP contribution is -2.14. The molecule has 0 spiro atoms. The molecule has 2 aromatic carbocycles. The molecular weight excluding hydrogens is 368 g/mol. The molecule has 0 aliphatic rings. The predicted molar refractivity (Wildman–Crippen MR) is 86.2 cm³/mol. The molecule has 1 atom stereocenters. The van der Waals surface area contributed by atoms with E-state index in [0.717, 1.165) is 15.6 Å². The third-order valence-corrected chi connectivity index (χ3v) is 4.39. The minimum absolute atomic E-state index is 0.262. The van der Waals surface area contributed by atoms with Crippen LogP contribution in [0.5, 0.6) is 0 Å². The Kier molecular flexibility index (Phi) is 5.15. The van der Waals surface area contributed by atoms with Crippen molar-refractivity contribution in [2.45, 2.75) is 12.5 Å². The Morgan fingerprint density at radius 1 is 1.00 bits per heavy atom. The standard InChI is InChI=1S/C14H11BrCl3N/c15-8-4-5-13(18)10(6-8)14(19)7-9-11(16)2-1-3-12(9)17/h1-6,14H,7,19H2. The molecule has 1 unspecified atom stereocenters. The van der Waals surface area contributed by atoms with E-state index in [9.17, 15) is 0 Å². The van der Waals surface area contributed by atoms with Gasteiger partial charge in [0.2, 0.25) is 0 Å². The van der Waals surface area contributed by atoms with E-state index in [0.29, 0.717) is 21.5 Å². The Morgan fingerprint density at radius 2 is 1.63 bits per heavy atom. The average Bonchev–Trinajstić information content (AvgIpc) is 2.37. The van der Waals surface area contributed by atoms with Crippen LogP contribution in [0.2, 0.25) is 15.1 Å². The van der Waals surface area contributed by atoms with Gasteiger partial charge in [0.25, 0.3) is 0 Å². The molecule has 0 saturated heterocycles. The molecule has 0 aromatic heterocycles. The van der Waals surface area contributed by atoms with E-state index in [1.807, 2.05) is 24.3 Å². The molecule has 0 saturated carbocycles. The highest BCUT2D eigenvalue weighted by Crippen LogP contribution is 2.31. The van der Waals surface area contributed by atoms with E-state index in [2.05, 4.69) is 15.9 Å². The molecule has 0 radical (unpaired) electrons. The van der Waals surface area contributed by atoms with E-state index in [4.69, 9.17) is 40.5 Å². The molecule has 19 heavy (non-hydrogen) atoms. The first-order valence-electron chi connectivity index (χ1n) is 5.62. The third kappa shape index (κ3) is 3.65. The van der Waals surface area contributed by atoms with E-state index in [1.165, 1.54) is 0 Å². The van der Waals surface area contributed by atoms with Gasteiger partial charge in [0.15, 0.2) is 0 Å². The number of rotatable bonds is 3. The molecule has 2 N–H and O–H groups in total. The summed E-state index contributed by atoms with van der Waals surface area (Å²) in [5.74, 6) is 0. The minimum atomic E-state index is -0.262. The largest absolute Gasteiger partial charge is 0.324 e. The maximum Gasteiger partial charge on any atom is 0.0454 e. The van der Waals surface area contributed by atoms with Gasteiger partial charge in [-0.05, 0) is 47.9 Å². The normalized spacial score (nSPS) is 12.5. The molecule has 0 fully saturated rings. The van der Waals surface area contributed by atoms with Crippen LogP contribution in [0.3, 0.4) is 0 Å². The summed E-state index contributed by atoms with van der Waals surface area (Å²) in [6.07, 6.45) is 0.536. The van der Waals surface area contributed by atoms with Crippen LogP contribution < -0.4 is 5.73 Å². The van der Waals surface area contributed by atoms with Crippen molar-refractivity contribution in [2.24, 2.45) is 5.73 Å². The van der Waals surface area contributed by atoms with Crippen LogP contribution in [0.15, 0.2) is 40.9 Å². The fraction of sp³-hybridized carbons (Fsp3) is 0.143. The van der Waals surface area contributed by atoms with Crippen molar-refractivity contribution in [2.75, 3.05) is 0 Å². The zero-order valence-corrected chi connectivity index (χ0v) is 13.7. The van der Waals surface area contributed by atoms with Crippen LogP contribution in [0, 0.1) is 0 Å². The van der Waals surface area contributed by atoms with Crippen molar-refractivity contribution in [1.82, 2.24) is 0 Å². The van der Waals surface area contributed by atoms with Gasteiger partial charge in [0.1, 0.15) is 0 Å². The second-order valence-electron chi connectivity index (χ2n) is 4.18. The predicted octanol–water partition coefficient (Wildman–Crippen LogP) is 5.65.